The van der Waals surface area contributed by atoms with Gasteiger partial charge in [0.15, 0.2) is 0 Å². The number of non-ortho nitro benzene ring substituents is 1. The third-order valence-corrected chi connectivity index (χ3v) is 2.90. The Labute approximate surface area is 102 Å². The van der Waals surface area contributed by atoms with Gasteiger partial charge in [0.2, 0.25) is 0 Å². The van der Waals surface area contributed by atoms with E-state index in [1.54, 1.807) is 29.0 Å². The number of nitro groups is 1. The molecule has 0 aliphatic carbocycles. The Bertz CT molecular complexity index is 482. The number of hydrogen-bond acceptors (Lipinski definition) is 5. The first kappa shape index (κ1) is 11.7. The van der Waals surface area contributed by atoms with Crippen LogP contribution in [0.4, 0.5) is 5.69 Å². The van der Waals surface area contributed by atoms with E-state index in [1.165, 1.54) is 12.1 Å². The molecule has 1 N–H and O–H groups in total. The predicted octanol–water partition coefficient (Wildman–Crippen LogP) is 2.34. The normalized spacial score (nSPS) is 10.4. The van der Waals surface area contributed by atoms with E-state index in [0.717, 1.165) is 11.3 Å². The number of nitrogens with zero attached hydrogens (tertiary/aromatic N) is 2. The number of nitrogens with one attached hydrogen (secondary N) is 1. The number of nitro benzene ring substituents is 1. The average Bonchev–Trinajstić information content (AvgIpc) is 2.83. The van der Waals surface area contributed by atoms with Gasteiger partial charge in [-0.25, -0.2) is 4.98 Å². The minimum atomic E-state index is -0.396. The Morgan fingerprint density at radius 2 is 2.06 bits per heavy atom. The van der Waals surface area contributed by atoms with Gasteiger partial charge in [0.25, 0.3) is 5.69 Å². The van der Waals surface area contributed by atoms with Gasteiger partial charge < -0.3 is 5.32 Å². The van der Waals surface area contributed by atoms with Crippen LogP contribution in [0, 0.1) is 10.1 Å². The van der Waals surface area contributed by atoms with E-state index in [4.69, 9.17) is 0 Å². The minimum Gasteiger partial charge on any atom is -0.307 e. The van der Waals surface area contributed by atoms with Crippen molar-refractivity contribution in [2.45, 2.75) is 13.1 Å². The van der Waals surface area contributed by atoms with Crippen molar-refractivity contribution in [1.29, 1.82) is 0 Å². The average molecular weight is 249 g/mol. The van der Waals surface area contributed by atoms with Crippen LogP contribution in [0.3, 0.4) is 0 Å². The van der Waals surface area contributed by atoms with E-state index in [1.807, 2.05) is 5.38 Å². The van der Waals surface area contributed by atoms with Gasteiger partial charge in [-0.15, -0.1) is 11.3 Å². The Hall–Kier alpha value is -1.79. The molecule has 0 radical (unpaired) electrons. The highest BCUT2D eigenvalue weighted by atomic mass is 32.1. The Kier molecular flexibility index (Phi) is 3.79. The second-order valence-corrected chi connectivity index (χ2v) is 4.23. The molecule has 2 aromatic rings. The van der Waals surface area contributed by atoms with Crippen LogP contribution in [-0.4, -0.2) is 9.91 Å². The fraction of sp³-hybridized carbons (Fsp3) is 0.182. The van der Waals surface area contributed by atoms with Gasteiger partial charge >= 0.3 is 0 Å². The number of thiazole rings is 1. The topological polar surface area (TPSA) is 68.1 Å². The summed E-state index contributed by atoms with van der Waals surface area (Å²) in [5.74, 6) is 0. The Balaban J connectivity index is 1.85. The highest BCUT2D eigenvalue weighted by molar-refractivity contribution is 7.07. The van der Waals surface area contributed by atoms with Crippen LogP contribution in [-0.2, 0) is 13.1 Å². The van der Waals surface area contributed by atoms with Crippen LogP contribution in [0.15, 0.2) is 35.2 Å². The lowest BCUT2D eigenvalue weighted by Gasteiger charge is -2.02. The largest absolute Gasteiger partial charge is 0.307 e. The van der Waals surface area contributed by atoms with Gasteiger partial charge in [-0.2, -0.15) is 0 Å². The zero-order valence-corrected chi connectivity index (χ0v) is 9.81. The van der Waals surface area contributed by atoms with E-state index >= 15 is 0 Å². The van der Waals surface area contributed by atoms with Gasteiger partial charge in [-0.05, 0) is 5.56 Å². The summed E-state index contributed by atoms with van der Waals surface area (Å²) < 4.78 is 0. The zero-order valence-electron chi connectivity index (χ0n) is 9.00. The lowest BCUT2D eigenvalue weighted by Crippen LogP contribution is -2.12. The molecule has 1 aromatic heterocycles. The van der Waals surface area contributed by atoms with E-state index < -0.39 is 4.92 Å². The molecule has 17 heavy (non-hydrogen) atoms. The molecule has 2 rings (SSSR count). The molecule has 88 valence electrons. The summed E-state index contributed by atoms with van der Waals surface area (Å²) in [5.41, 5.74) is 3.94. The second kappa shape index (κ2) is 5.51. The number of benzene rings is 1. The van der Waals surface area contributed by atoms with Crippen molar-refractivity contribution in [3.63, 3.8) is 0 Å². The summed E-state index contributed by atoms with van der Waals surface area (Å²) >= 11 is 1.56. The van der Waals surface area contributed by atoms with Crippen LogP contribution in [0.2, 0.25) is 0 Å². The maximum absolute atomic E-state index is 10.5. The molecule has 0 aliphatic heterocycles. The maximum atomic E-state index is 10.5. The standard InChI is InChI=1S/C11H11N3O2S/c15-14(16)11-3-1-9(2-4-11)5-12-6-10-7-17-8-13-10/h1-4,7-8,12H,5-6H2. The van der Waals surface area contributed by atoms with E-state index in [2.05, 4.69) is 10.3 Å². The third kappa shape index (κ3) is 3.33. The maximum Gasteiger partial charge on any atom is 0.269 e. The summed E-state index contributed by atoms with van der Waals surface area (Å²) in [6.45, 7) is 1.38. The summed E-state index contributed by atoms with van der Waals surface area (Å²) in [6, 6.07) is 6.54. The molecule has 0 saturated carbocycles. The monoisotopic (exact) mass is 249 g/mol. The summed E-state index contributed by atoms with van der Waals surface area (Å²) in [6.07, 6.45) is 0. The molecule has 0 bridgehead atoms. The van der Waals surface area contributed by atoms with Crippen molar-refractivity contribution in [2.75, 3.05) is 0 Å². The van der Waals surface area contributed by atoms with Crippen LogP contribution >= 0.6 is 11.3 Å². The van der Waals surface area contributed by atoms with Crippen molar-refractivity contribution in [3.05, 3.63) is 56.5 Å². The van der Waals surface area contributed by atoms with Crippen molar-refractivity contribution >= 4 is 17.0 Å². The zero-order chi connectivity index (χ0) is 12.1. The molecule has 0 spiro atoms. The molecule has 5 nitrogen and oxygen atoms in total. The van der Waals surface area contributed by atoms with Crippen molar-refractivity contribution in [3.8, 4) is 0 Å². The summed E-state index contributed by atoms with van der Waals surface area (Å²) in [7, 11) is 0. The fourth-order valence-corrected chi connectivity index (χ4v) is 1.95. The number of hydrogen-bond donors (Lipinski definition) is 1. The molecular formula is C11H11N3O2S. The number of rotatable bonds is 5. The van der Waals surface area contributed by atoms with Gasteiger partial charge in [0.1, 0.15) is 0 Å². The quantitative estimate of drug-likeness (QED) is 0.652. The van der Waals surface area contributed by atoms with Crippen molar-refractivity contribution < 1.29 is 4.92 Å². The van der Waals surface area contributed by atoms with Crippen LogP contribution < -0.4 is 5.32 Å². The second-order valence-electron chi connectivity index (χ2n) is 3.51. The minimum absolute atomic E-state index is 0.119. The van der Waals surface area contributed by atoms with Crippen molar-refractivity contribution in [2.24, 2.45) is 0 Å². The molecule has 0 saturated heterocycles. The van der Waals surface area contributed by atoms with E-state index in [-0.39, 0.29) is 5.69 Å². The van der Waals surface area contributed by atoms with Gasteiger partial charge in [-0.3, -0.25) is 10.1 Å². The fourth-order valence-electron chi connectivity index (χ4n) is 1.40. The van der Waals surface area contributed by atoms with Crippen LogP contribution in [0.5, 0.6) is 0 Å². The smallest absolute Gasteiger partial charge is 0.269 e. The first-order chi connectivity index (χ1) is 8.25. The number of aromatic nitrogens is 1. The summed E-state index contributed by atoms with van der Waals surface area (Å²) in [5, 5.41) is 15.7. The molecule has 6 heteroatoms. The SMILES string of the molecule is O=[N+]([O-])c1ccc(CNCc2cscn2)cc1. The lowest BCUT2D eigenvalue weighted by molar-refractivity contribution is -0.384. The highest BCUT2D eigenvalue weighted by Crippen LogP contribution is 2.11. The van der Waals surface area contributed by atoms with Gasteiger partial charge in [0, 0.05) is 30.6 Å². The third-order valence-electron chi connectivity index (χ3n) is 2.27. The molecule has 1 aromatic carbocycles. The van der Waals surface area contributed by atoms with Crippen molar-refractivity contribution in [1.82, 2.24) is 10.3 Å². The van der Waals surface area contributed by atoms with Gasteiger partial charge in [0.05, 0.1) is 16.1 Å². The Morgan fingerprint density at radius 3 is 2.65 bits per heavy atom. The van der Waals surface area contributed by atoms with Crippen LogP contribution in [0.25, 0.3) is 0 Å². The van der Waals surface area contributed by atoms with Gasteiger partial charge in [-0.1, -0.05) is 12.1 Å². The molecule has 0 aliphatic rings. The molecular weight excluding hydrogens is 238 g/mol. The molecule has 0 unspecified atom stereocenters. The van der Waals surface area contributed by atoms with E-state index in [9.17, 15) is 10.1 Å². The first-order valence-electron chi connectivity index (χ1n) is 5.07. The lowest BCUT2D eigenvalue weighted by atomic mass is 10.2. The molecule has 1 heterocycles. The molecule has 0 fully saturated rings. The molecule has 0 atom stereocenters. The highest BCUT2D eigenvalue weighted by Gasteiger charge is 2.03. The first-order valence-corrected chi connectivity index (χ1v) is 6.01. The molecule has 0 amide bonds. The Morgan fingerprint density at radius 1 is 1.29 bits per heavy atom. The van der Waals surface area contributed by atoms with Crippen LogP contribution in [0.1, 0.15) is 11.3 Å². The summed E-state index contributed by atoms with van der Waals surface area (Å²) in [4.78, 5) is 14.2. The van der Waals surface area contributed by atoms with E-state index in [0.29, 0.717) is 13.1 Å². The predicted molar refractivity (Wildman–Crippen MR) is 65.8 cm³/mol.